The zero-order chi connectivity index (χ0) is 16.1. The van der Waals surface area contributed by atoms with Crippen molar-refractivity contribution >= 4 is 34.6 Å². The van der Waals surface area contributed by atoms with Crippen molar-refractivity contribution in [2.75, 3.05) is 36.2 Å². The Morgan fingerprint density at radius 1 is 1.14 bits per heavy atom. The Morgan fingerprint density at radius 3 is 2.41 bits per heavy atom. The molecule has 0 aliphatic carbocycles. The topological polar surface area (TPSA) is 44.4 Å². The molecule has 1 amide bonds. The molecule has 0 heterocycles. The van der Waals surface area contributed by atoms with Gasteiger partial charge in [0.25, 0.3) is 0 Å². The summed E-state index contributed by atoms with van der Waals surface area (Å²) < 4.78 is 0. The largest absolute Gasteiger partial charge is 0.378 e. The third-order valence-electron chi connectivity index (χ3n) is 3.23. The van der Waals surface area contributed by atoms with Gasteiger partial charge in [-0.05, 0) is 48.9 Å². The molecular formula is C17H20ClN3O. The number of amides is 1. The van der Waals surface area contributed by atoms with Crippen LogP contribution in [-0.4, -0.2) is 26.5 Å². The van der Waals surface area contributed by atoms with Crippen LogP contribution in [0.1, 0.15) is 5.56 Å². The third kappa shape index (κ3) is 4.40. The van der Waals surface area contributed by atoms with Crippen LogP contribution in [0.2, 0.25) is 5.02 Å². The van der Waals surface area contributed by atoms with Crippen LogP contribution < -0.4 is 15.5 Å². The number of rotatable bonds is 5. The van der Waals surface area contributed by atoms with Gasteiger partial charge in [-0.2, -0.15) is 0 Å². The molecule has 0 saturated carbocycles. The summed E-state index contributed by atoms with van der Waals surface area (Å²) in [6.45, 7) is 2.14. The first kappa shape index (κ1) is 16.2. The molecule has 0 aliphatic rings. The van der Waals surface area contributed by atoms with E-state index in [2.05, 4.69) is 10.6 Å². The fourth-order valence-corrected chi connectivity index (χ4v) is 2.29. The molecule has 2 aromatic carbocycles. The second-order valence-corrected chi connectivity index (χ2v) is 5.73. The Bertz CT molecular complexity index is 653. The van der Waals surface area contributed by atoms with Crippen molar-refractivity contribution in [3.63, 3.8) is 0 Å². The Balaban J connectivity index is 1.90. The lowest BCUT2D eigenvalue weighted by molar-refractivity contribution is -0.114. The number of anilines is 3. The molecule has 116 valence electrons. The van der Waals surface area contributed by atoms with Gasteiger partial charge >= 0.3 is 0 Å². The molecule has 0 saturated heterocycles. The summed E-state index contributed by atoms with van der Waals surface area (Å²) in [5.74, 6) is -0.116. The number of nitrogens with zero attached hydrogens (tertiary/aromatic N) is 1. The monoisotopic (exact) mass is 317 g/mol. The molecule has 0 radical (unpaired) electrons. The van der Waals surface area contributed by atoms with Crippen LogP contribution in [0, 0.1) is 6.92 Å². The third-order valence-corrected chi connectivity index (χ3v) is 3.54. The van der Waals surface area contributed by atoms with Gasteiger partial charge in [0.2, 0.25) is 5.91 Å². The maximum Gasteiger partial charge on any atom is 0.243 e. The minimum Gasteiger partial charge on any atom is -0.378 e. The Morgan fingerprint density at radius 2 is 1.82 bits per heavy atom. The lowest BCUT2D eigenvalue weighted by Crippen LogP contribution is -2.21. The van der Waals surface area contributed by atoms with Crippen molar-refractivity contribution in [2.24, 2.45) is 0 Å². The lowest BCUT2D eigenvalue weighted by Gasteiger charge is -2.13. The molecule has 4 nitrogen and oxygen atoms in total. The Hall–Kier alpha value is -2.20. The number of benzene rings is 2. The van der Waals surface area contributed by atoms with Crippen LogP contribution >= 0.6 is 11.6 Å². The standard InChI is InChI=1S/C17H20ClN3O/c1-12-4-9-16(15(18)10-12)19-11-17(22)20-13-5-7-14(8-6-13)21(2)3/h4-10,19H,11H2,1-3H3,(H,20,22). The van der Waals surface area contributed by atoms with Crippen molar-refractivity contribution in [2.45, 2.75) is 6.92 Å². The van der Waals surface area contributed by atoms with Crippen molar-refractivity contribution in [1.29, 1.82) is 0 Å². The number of aryl methyl sites for hydroxylation is 1. The van der Waals surface area contributed by atoms with E-state index < -0.39 is 0 Å². The van der Waals surface area contributed by atoms with Gasteiger partial charge in [-0.3, -0.25) is 4.79 Å². The Kier molecular flexibility index (Phi) is 5.28. The molecule has 22 heavy (non-hydrogen) atoms. The molecule has 0 unspecified atom stereocenters. The summed E-state index contributed by atoms with van der Waals surface area (Å²) in [5.41, 5.74) is 3.70. The van der Waals surface area contributed by atoms with E-state index in [1.165, 1.54) is 0 Å². The van der Waals surface area contributed by atoms with Crippen molar-refractivity contribution in [3.8, 4) is 0 Å². The summed E-state index contributed by atoms with van der Waals surface area (Å²) in [7, 11) is 3.95. The van der Waals surface area contributed by atoms with Crippen molar-refractivity contribution in [3.05, 3.63) is 53.1 Å². The first-order chi connectivity index (χ1) is 10.5. The first-order valence-corrected chi connectivity index (χ1v) is 7.41. The highest BCUT2D eigenvalue weighted by molar-refractivity contribution is 6.33. The summed E-state index contributed by atoms with van der Waals surface area (Å²) in [6, 6.07) is 13.4. The zero-order valence-electron chi connectivity index (χ0n) is 13.0. The first-order valence-electron chi connectivity index (χ1n) is 7.03. The predicted octanol–water partition coefficient (Wildman–Crippen LogP) is 3.77. The molecule has 2 N–H and O–H groups in total. The predicted molar refractivity (Wildman–Crippen MR) is 94.1 cm³/mol. The molecule has 5 heteroatoms. The van der Waals surface area contributed by atoms with E-state index in [1.54, 1.807) is 0 Å². The molecule has 0 fully saturated rings. The number of carbonyl (C=O) groups is 1. The van der Waals surface area contributed by atoms with Gasteiger partial charge in [-0.25, -0.2) is 0 Å². The summed E-state index contributed by atoms with van der Waals surface area (Å²) in [4.78, 5) is 14.0. The van der Waals surface area contributed by atoms with Gasteiger partial charge in [0.1, 0.15) is 0 Å². The molecule has 0 aromatic heterocycles. The van der Waals surface area contributed by atoms with E-state index in [0.717, 1.165) is 22.6 Å². The fourth-order valence-electron chi connectivity index (χ4n) is 1.99. The SMILES string of the molecule is Cc1ccc(NCC(=O)Nc2ccc(N(C)C)cc2)c(Cl)c1. The molecule has 0 spiro atoms. The van der Waals surface area contributed by atoms with Gasteiger partial charge in [0.05, 0.1) is 17.3 Å². The summed E-state index contributed by atoms with van der Waals surface area (Å²) in [5, 5.41) is 6.50. The van der Waals surface area contributed by atoms with Gasteiger partial charge in [-0.15, -0.1) is 0 Å². The zero-order valence-corrected chi connectivity index (χ0v) is 13.7. The van der Waals surface area contributed by atoms with E-state index in [9.17, 15) is 4.79 Å². The lowest BCUT2D eigenvalue weighted by atomic mass is 10.2. The average molecular weight is 318 g/mol. The Labute approximate surface area is 136 Å². The maximum absolute atomic E-state index is 12.0. The normalized spacial score (nSPS) is 10.2. The van der Waals surface area contributed by atoms with Gasteiger partial charge in [-0.1, -0.05) is 17.7 Å². The van der Waals surface area contributed by atoms with Gasteiger partial charge < -0.3 is 15.5 Å². The van der Waals surface area contributed by atoms with E-state index in [-0.39, 0.29) is 12.5 Å². The quantitative estimate of drug-likeness (QED) is 0.882. The molecule has 0 aliphatic heterocycles. The minimum atomic E-state index is -0.116. The molecule has 2 aromatic rings. The van der Waals surface area contributed by atoms with E-state index in [1.807, 2.05) is 68.4 Å². The van der Waals surface area contributed by atoms with Crippen LogP contribution in [0.15, 0.2) is 42.5 Å². The fraction of sp³-hybridized carbons (Fsp3) is 0.235. The van der Waals surface area contributed by atoms with Gasteiger partial charge in [0.15, 0.2) is 0 Å². The van der Waals surface area contributed by atoms with Crippen LogP contribution in [0.4, 0.5) is 17.1 Å². The van der Waals surface area contributed by atoms with E-state index >= 15 is 0 Å². The molecule has 0 bridgehead atoms. The molecular weight excluding hydrogens is 298 g/mol. The van der Waals surface area contributed by atoms with Crippen molar-refractivity contribution < 1.29 is 4.79 Å². The molecule has 0 atom stereocenters. The van der Waals surface area contributed by atoms with E-state index in [0.29, 0.717) is 5.02 Å². The summed E-state index contributed by atoms with van der Waals surface area (Å²) >= 11 is 6.12. The number of nitrogens with one attached hydrogen (secondary N) is 2. The number of hydrogen-bond donors (Lipinski definition) is 2. The van der Waals surface area contributed by atoms with Crippen LogP contribution in [0.25, 0.3) is 0 Å². The molecule has 2 rings (SSSR count). The summed E-state index contributed by atoms with van der Waals surface area (Å²) in [6.07, 6.45) is 0. The van der Waals surface area contributed by atoms with Gasteiger partial charge in [0, 0.05) is 25.5 Å². The maximum atomic E-state index is 12.0. The van der Waals surface area contributed by atoms with Crippen molar-refractivity contribution in [1.82, 2.24) is 0 Å². The van der Waals surface area contributed by atoms with E-state index in [4.69, 9.17) is 11.6 Å². The number of halogens is 1. The smallest absolute Gasteiger partial charge is 0.243 e. The average Bonchev–Trinajstić information content (AvgIpc) is 2.47. The van der Waals surface area contributed by atoms with Crippen LogP contribution in [-0.2, 0) is 4.79 Å². The second kappa shape index (κ2) is 7.18. The highest BCUT2D eigenvalue weighted by Crippen LogP contribution is 2.22. The second-order valence-electron chi connectivity index (χ2n) is 5.33. The highest BCUT2D eigenvalue weighted by Gasteiger charge is 2.05. The van der Waals surface area contributed by atoms with Crippen LogP contribution in [0.5, 0.6) is 0 Å². The highest BCUT2D eigenvalue weighted by atomic mass is 35.5. The minimum absolute atomic E-state index is 0.116. The van der Waals surface area contributed by atoms with Crippen LogP contribution in [0.3, 0.4) is 0 Å². The number of hydrogen-bond acceptors (Lipinski definition) is 3. The number of carbonyl (C=O) groups excluding carboxylic acids is 1.